The number of amides is 1. The van der Waals surface area contributed by atoms with E-state index in [4.69, 9.17) is 0 Å². The van der Waals surface area contributed by atoms with Crippen LogP contribution in [0.3, 0.4) is 0 Å². The van der Waals surface area contributed by atoms with Gasteiger partial charge in [-0.1, -0.05) is 6.07 Å². The fourth-order valence-corrected chi connectivity index (χ4v) is 6.77. The molecule has 2 fully saturated rings. The van der Waals surface area contributed by atoms with Crippen LogP contribution in [-0.2, 0) is 9.84 Å². The van der Waals surface area contributed by atoms with Gasteiger partial charge in [0, 0.05) is 23.4 Å². The van der Waals surface area contributed by atoms with Crippen molar-refractivity contribution in [3.63, 3.8) is 0 Å². The van der Waals surface area contributed by atoms with Gasteiger partial charge in [0.05, 0.1) is 15.7 Å². The first-order valence-corrected chi connectivity index (χ1v) is 11.6. The van der Waals surface area contributed by atoms with Crippen LogP contribution in [0.25, 0.3) is 0 Å². The summed E-state index contributed by atoms with van der Waals surface area (Å²) in [5, 5.41) is 12.2. The molecule has 0 aromatic heterocycles. The molecule has 5 nitrogen and oxygen atoms in total. The molecule has 166 valence electrons. The van der Waals surface area contributed by atoms with Crippen molar-refractivity contribution in [2.45, 2.75) is 48.4 Å². The Morgan fingerprint density at radius 2 is 1.65 bits per heavy atom. The molecular weight excluding hydrogens is 431 g/mol. The molecule has 0 spiro atoms. The molecule has 0 aliphatic heterocycles. The third-order valence-corrected chi connectivity index (χ3v) is 8.89. The lowest BCUT2D eigenvalue weighted by molar-refractivity contribution is -0.0413. The van der Waals surface area contributed by atoms with Gasteiger partial charge in [-0.3, -0.25) is 4.79 Å². The molecule has 4 rings (SSSR count). The zero-order valence-electron chi connectivity index (χ0n) is 16.7. The maximum absolute atomic E-state index is 13.4. The summed E-state index contributed by atoms with van der Waals surface area (Å²) in [6.45, 7) is 1.77. The second-order valence-electron chi connectivity index (χ2n) is 8.57. The van der Waals surface area contributed by atoms with Gasteiger partial charge in [-0.15, -0.1) is 0 Å². The molecule has 2 bridgehead atoms. The summed E-state index contributed by atoms with van der Waals surface area (Å²) in [4.78, 5) is 12.5. The van der Waals surface area contributed by atoms with Gasteiger partial charge < -0.3 is 10.4 Å². The summed E-state index contributed by atoms with van der Waals surface area (Å²) in [7, 11) is -3.75. The van der Waals surface area contributed by atoms with Crippen LogP contribution in [0.4, 0.5) is 18.9 Å². The van der Waals surface area contributed by atoms with Crippen LogP contribution in [0.15, 0.2) is 41.3 Å². The maximum Gasteiger partial charge on any atom is 0.255 e. The zero-order valence-corrected chi connectivity index (χ0v) is 17.6. The van der Waals surface area contributed by atoms with Crippen LogP contribution in [0, 0.1) is 29.3 Å². The number of anilines is 1. The standard InChI is InChI=1S/C22H22F3NO4S/c1-22(28)13-5-6-14(22)9-17(8-13)31(29,30)16-4-2-3-12(7-16)21(27)26-15-10-18(23)20(25)19(24)11-15/h2-4,7,10-11,13-14,17,28H,5-6,8-9H2,1H3,(H,26,27)/t13-,14?,17?,22?/m0/s1. The molecule has 2 aliphatic rings. The van der Waals surface area contributed by atoms with Gasteiger partial charge in [0.25, 0.3) is 5.91 Å². The Labute approximate surface area is 178 Å². The van der Waals surface area contributed by atoms with E-state index < -0.39 is 44.0 Å². The molecule has 2 aromatic rings. The zero-order chi connectivity index (χ0) is 22.6. The van der Waals surface area contributed by atoms with Gasteiger partial charge in [-0.25, -0.2) is 21.6 Å². The summed E-state index contributed by atoms with van der Waals surface area (Å²) in [5.41, 5.74) is -1.16. The monoisotopic (exact) mass is 453 g/mol. The van der Waals surface area contributed by atoms with Crippen LogP contribution in [0.5, 0.6) is 0 Å². The Balaban J connectivity index is 1.56. The van der Waals surface area contributed by atoms with Gasteiger partial charge in [0.2, 0.25) is 0 Å². The van der Waals surface area contributed by atoms with Crippen molar-refractivity contribution in [2.24, 2.45) is 11.8 Å². The molecule has 9 heteroatoms. The predicted molar refractivity (Wildman–Crippen MR) is 108 cm³/mol. The lowest BCUT2D eigenvalue weighted by Crippen LogP contribution is -2.45. The Hall–Kier alpha value is -2.39. The van der Waals surface area contributed by atoms with E-state index in [9.17, 15) is 31.5 Å². The average Bonchev–Trinajstić information content (AvgIpc) is 2.88. The average molecular weight is 453 g/mol. The highest BCUT2D eigenvalue weighted by Crippen LogP contribution is 2.51. The Kier molecular flexibility index (Phi) is 5.37. The van der Waals surface area contributed by atoms with Crippen LogP contribution in [0.1, 0.15) is 43.0 Å². The fourth-order valence-electron chi connectivity index (χ4n) is 4.86. The SMILES string of the molecule is CC1(O)C2CC[C@H]1CC(S(=O)(=O)c1cccc(C(=O)Nc3cc(F)c(F)c(F)c3)c1)C2. The van der Waals surface area contributed by atoms with E-state index in [1.54, 1.807) is 6.92 Å². The molecule has 0 saturated heterocycles. The molecule has 0 radical (unpaired) electrons. The number of benzene rings is 2. The molecule has 2 saturated carbocycles. The van der Waals surface area contributed by atoms with Gasteiger partial charge in [0.1, 0.15) is 0 Å². The second-order valence-corrected chi connectivity index (χ2v) is 10.8. The van der Waals surface area contributed by atoms with Crippen LogP contribution in [-0.4, -0.2) is 30.3 Å². The Morgan fingerprint density at radius 3 is 2.23 bits per heavy atom. The number of fused-ring (bicyclic) bond motifs is 2. The highest BCUT2D eigenvalue weighted by molar-refractivity contribution is 7.92. The molecule has 2 N–H and O–H groups in total. The number of rotatable bonds is 4. The Bertz CT molecular complexity index is 1110. The van der Waals surface area contributed by atoms with Crippen molar-refractivity contribution in [1.82, 2.24) is 0 Å². The van der Waals surface area contributed by atoms with E-state index in [0.29, 0.717) is 25.0 Å². The number of aliphatic hydroxyl groups is 1. The van der Waals surface area contributed by atoms with Gasteiger partial charge in [-0.2, -0.15) is 0 Å². The van der Waals surface area contributed by atoms with Crippen molar-refractivity contribution in [1.29, 1.82) is 0 Å². The van der Waals surface area contributed by atoms with Crippen molar-refractivity contribution >= 4 is 21.4 Å². The van der Waals surface area contributed by atoms with E-state index in [2.05, 4.69) is 5.32 Å². The highest BCUT2D eigenvalue weighted by atomic mass is 32.2. The van der Waals surface area contributed by atoms with Gasteiger partial charge in [-0.05, 0) is 62.6 Å². The fraction of sp³-hybridized carbons (Fsp3) is 0.409. The van der Waals surface area contributed by atoms with Crippen LogP contribution in [0.2, 0.25) is 0 Å². The van der Waals surface area contributed by atoms with E-state index in [0.717, 1.165) is 12.8 Å². The minimum Gasteiger partial charge on any atom is -0.390 e. The van der Waals surface area contributed by atoms with Crippen molar-refractivity contribution in [3.8, 4) is 0 Å². The number of hydrogen-bond acceptors (Lipinski definition) is 4. The largest absolute Gasteiger partial charge is 0.390 e. The minimum atomic E-state index is -3.75. The van der Waals surface area contributed by atoms with Crippen LogP contribution >= 0.6 is 0 Å². The first kappa shape index (κ1) is 21.8. The lowest BCUT2D eigenvalue weighted by atomic mass is 9.76. The van der Waals surface area contributed by atoms with Gasteiger partial charge >= 0.3 is 0 Å². The first-order chi connectivity index (χ1) is 14.5. The lowest BCUT2D eigenvalue weighted by Gasteiger charge is -2.39. The summed E-state index contributed by atoms with van der Waals surface area (Å²) in [6, 6.07) is 6.69. The topological polar surface area (TPSA) is 83.5 Å². The summed E-state index contributed by atoms with van der Waals surface area (Å²) in [5.74, 6) is -5.49. The van der Waals surface area contributed by atoms with Crippen molar-refractivity contribution < 1.29 is 31.5 Å². The quantitative estimate of drug-likeness (QED) is 0.684. The van der Waals surface area contributed by atoms with E-state index in [1.807, 2.05) is 0 Å². The number of carbonyl (C=O) groups excluding carboxylic acids is 1. The number of halogens is 3. The number of hydrogen-bond donors (Lipinski definition) is 2. The maximum atomic E-state index is 13.4. The Morgan fingerprint density at radius 1 is 1.06 bits per heavy atom. The number of sulfone groups is 1. The predicted octanol–water partition coefficient (Wildman–Crippen LogP) is 4.07. The smallest absolute Gasteiger partial charge is 0.255 e. The number of carbonyl (C=O) groups is 1. The van der Waals surface area contributed by atoms with E-state index in [1.165, 1.54) is 24.3 Å². The third kappa shape index (κ3) is 3.85. The van der Waals surface area contributed by atoms with Crippen molar-refractivity contribution in [2.75, 3.05) is 5.32 Å². The molecule has 4 atom stereocenters. The molecule has 2 aromatic carbocycles. The van der Waals surface area contributed by atoms with E-state index >= 15 is 0 Å². The summed E-state index contributed by atoms with van der Waals surface area (Å²) in [6.07, 6.45) is 2.29. The first-order valence-electron chi connectivity index (χ1n) is 10.0. The molecular formula is C22H22F3NO4S. The molecule has 1 amide bonds. The van der Waals surface area contributed by atoms with Crippen molar-refractivity contribution in [3.05, 3.63) is 59.4 Å². The molecule has 3 unspecified atom stereocenters. The minimum absolute atomic E-state index is 0.0167. The van der Waals surface area contributed by atoms with Gasteiger partial charge in [0.15, 0.2) is 27.3 Å². The number of nitrogens with one attached hydrogen (secondary N) is 1. The molecule has 31 heavy (non-hydrogen) atoms. The molecule has 0 heterocycles. The summed E-state index contributed by atoms with van der Waals surface area (Å²) < 4.78 is 66.3. The summed E-state index contributed by atoms with van der Waals surface area (Å²) >= 11 is 0. The third-order valence-electron chi connectivity index (χ3n) is 6.72. The second kappa shape index (κ2) is 7.63. The highest BCUT2D eigenvalue weighted by Gasteiger charge is 2.52. The normalized spacial score (nSPS) is 27.8. The molecule has 2 aliphatic carbocycles. The van der Waals surface area contributed by atoms with E-state index in [-0.39, 0.29) is 28.0 Å². The van der Waals surface area contributed by atoms with Crippen LogP contribution < -0.4 is 5.32 Å².